The van der Waals surface area contributed by atoms with Crippen LogP contribution in [0.2, 0.25) is 0 Å². The van der Waals surface area contributed by atoms with Gasteiger partial charge in [0.05, 0.1) is 0 Å². The van der Waals surface area contributed by atoms with Crippen LogP contribution in [0.5, 0.6) is 0 Å². The van der Waals surface area contributed by atoms with Gasteiger partial charge in [-0.1, -0.05) is 6.58 Å². The third-order valence-corrected chi connectivity index (χ3v) is 1.59. The summed E-state index contributed by atoms with van der Waals surface area (Å²) in [5, 5.41) is 3.49. The van der Waals surface area contributed by atoms with Crippen molar-refractivity contribution in [2.24, 2.45) is 0 Å². The lowest BCUT2D eigenvalue weighted by Crippen LogP contribution is -2.33. The Kier molecular flexibility index (Phi) is 1.76. The maximum Gasteiger partial charge on any atom is 0.242 e. The lowest BCUT2D eigenvalue weighted by molar-refractivity contribution is -0.132. The highest BCUT2D eigenvalue weighted by Crippen LogP contribution is 2.13. The normalized spacial score (nSPS) is 20.2. The highest BCUT2D eigenvalue weighted by atomic mass is 16.2. The molecule has 1 aliphatic rings. The fourth-order valence-electron chi connectivity index (χ4n) is 1.16. The van der Waals surface area contributed by atoms with Crippen LogP contribution in [0, 0.1) is 0 Å². The fourth-order valence-corrected chi connectivity index (χ4v) is 1.16. The molecule has 3 nitrogen and oxygen atoms in total. The fraction of sp³-hybridized carbons (Fsp3) is 0.571. The summed E-state index contributed by atoms with van der Waals surface area (Å²) < 4.78 is 0. The molecule has 0 aliphatic carbocycles. The van der Waals surface area contributed by atoms with E-state index in [-0.39, 0.29) is 5.91 Å². The topological polar surface area (TPSA) is 23.6 Å². The molecule has 1 rings (SSSR count). The zero-order chi connectivity index (χ0) is 7.72. The van der Waals surface area contributed by atoms with Gasteiger partial charge in [0.15, 0.2) is 0 Å². The van der Waals surface area contributed by atoms with Crippen molar-refractivity contribution in [2.75, 3.05) is 13.6 Å². The van der Waals surface area contributed by atoms with E-state index in [1.165, 1.54) is 0 Å². The van der Waals surface area contributed by atoms with E-state index in [4.69, 9.17) is 0 Å². The lowest BCUT2D eigenvalue weighted by atomic mass is 10.4. The average molecular weight is 140 g/mol. The molecule has 1 aliphatic heterocycles. The molecule has 10 heavy (non-hydrogen) atoms. The number of amides is 1. The molecule has 0 spiro atoms. The molecule has 0 aromatic heterocycles. The van der Waals surface area contributed by atoms with Gasteiger partial charge in [-0.05, 0) is 6.92 Å². The first-order valence-electron chi connectivity index (χ1n) is 3.32. The Balaban J connectivity index is 2.72. The minimum atomic E-state index is 0.148. The summed E-state index contributed by atoms with van der Waals surface area (Å²) in [4.78, 5) is 11.0. The molecular formula is C7H12N2O. The van der Waals surface area contributed by atoms with E-state index in [1.807, 2.05) is 19.0 Å². The summed E-state index contributed by atoms with van der Waals surface area (Å²) >= 11 is 0. The van der Waals surface area contributed by atoms with E-state index in [0.717, 1.165) is 12.2 Å². The Morgan fingerprint density at radius 1 is 1.70 bits per heavy atom. The second kappa shape index (κ2) is 2.42. The number of rotatable bonds is 1. The van der Waals surface area contributed by atoms with Crippen LogP contribution >= 0.6 is 0 Å². The molecule has 0 aromatic carbocycles. The van der Waals surface area contributed by atoms with E-state index in [0.29, 0.717) is 6.42 Å². The predicted octanol–water partition coefficient (Wildman–Crippen LogP) is 0.599. The van der Waals surface area contributed by atoms with E-state index in [1.54, 1.807) is 5.01 Å². The molecule has 0 saturated carbocycles. The Morgan fingerprint density at radius 2 is 2.30 bits per heavy atom. The van der Waals surface area contributed by atoms with Crippen LogP contribution in [0.3, 0.4) is 0 Å². The smallest absolute Gasteiger partial charge is 0.242 e. The molecule has 0 unspecified atom stereocenters. The summed E-state index contributed by atoms with van der Waals surface area (Å²) in [5.74, 6) is 0.148. The van der Waals surface area contributed by atoms with Crippen molar-refractivity contribution >= 4 is 5.91 Å². The maximum absolute atomic E-state index is 11.0. The van der Waals surface area contributed by atoms with Crippen molar-refractivity contribution in [2.45, 2.75) is 13.3 Å². The highest BCUT2D eigenvalue weighted by molar-refractivity contribution is 5.79. The van der Waals surface area contributed by atoms with Crippen molar-refractivity contribution < 1.29 is 4.79 Å². The molecule has 0 N–H and O–H groups in total. The van der Waals surface area contributed by atoms with Crippen molar-refractivity contribution in [1.29, 1.82) is 0 Å². The second-order valence-electron chi connectivity index (χ2n) is 2.57. The van der Waals surface area contributed by atoms with Gasteiger partial charge in [0.2, 0.25) is 5.91 Å². The van der Waals surface area contributed by atoms with Gasteiger partial charge in [-0.25, -0.2) is 10.0 Å². The van der Waals surface area contributed by atoms with Crippen LogP contribution < -0.4 is 0 Å². The van der Waals surface area contributed by atoms with Gasteiger partial charge in [0.25, 0.3) is 0 Å². The zero-order valence-electron chi connectivity index (χ0n) is 6.42. The van der Waals surface area contributed by atoms with Crippen molar-refractivity contribution in [3.63, 3.8) is 0 Å². The van der Waals surface area contributed by atoms with Crippen LogP contribution in [0.1, 0.15) is 13.3 Å². The third kappa shape index (κ3) is 1.04. The van der Waals surface area contributed by atoms with Gasteiger partial charge in [-0.3, -0.25) is 4.79 Å². The van der Waals surface area contributed by atoms with E-state index < -0.39 is 0 Å². The summed E-state index contributed by atoms with van der Waals surface area (Å²) in [5.41, 5.74) is 0.796. The molecule has 56 valence electrons. The minimum absolute atomic E-state index is 0.148. The van der Waals surface area contributed by atoms with Crippen LogP contribution in [-0.2, 0) is 4.79 Å². The van der Waals surface area contributed by atoms with Crippen molar-refractivity contribution in [3.8, 4) is 0 Å². The van der Waals surface area contributed by atoms with E-state index in [9.17, 15) is 4.79 Å². The minimum Gasteiger partial charge on any atom is -0.273 e. The highest BCUT2D eigenvalue weighted by Gasteiger charge is 2.25. The average Bonchev–Trinajstić information content (AvgIpc) is 2.11. The number of carbonyl (C=O) groups is 1. The van der Waals surface area contributed by atoms with Crippen LogP contribution in [0.25, 0.3) is 0 Å². The number of hydrazine groups is 1. The third-order valence-electron chi connectivity index (χ3n) is 1.59. The molecule has 3 heteroatoms. The first-order valence-corrected chi connectivity index (χ1v) is 3.32. The predicted molar refractivity (Wildman–Crippen MR) is 38.9 cm³/mol. The first-order chi connectivity index (χ1) is 4.63. The Hall–Kier alpha value is -0.830. The Labute approximate surface area is 60.9 Å². The number of nitrogens with zero attached hydrogens (tertiary/aromatic N) is 2. The molecule has 0 bridgehead atoms. The Morgan fingerprint density at radius 3 is 2.50 bits per heavy atom. The number of allylic oxidation sites excluding steroid dienone is 1. The molecule has 1 amide bonds. The van der Waals surface area contributed by atoms with Gasteiger partial charge in [0.1, 0.15) is 0 Å². The van der Waals surface area contributed by atoms with Gasteiger partial charge in [-0.15, -0.1) is 0 Å². The molecule has 0 atom stereocenters. The molecule has 1 saturated heterocycles. The van der Waals surface area contributed by atoms with Gasteiger partial charge in [0, 0.05) is 25.7 Å². The Bertz CT molecular complexity index is 176. The largest absolute Gasteiger partial charge is 0.273 e. The van der Waals surface area contributed by atoms with Crippen LogP contribution in [-0.4, -0.2) is 29.5 Å². The lowest BCUT2D eigenvalue weighted by Gasteiger charge is -2.23. The molecule has 1 heterocycles. The quantitative estimate of drug-likeness (QED) is 0.532. The summed E-state index contributed by atoms with van der Waals surface area (Å²) in [6.45, 7) is 6.35. The van der Waals surface area contributed by atoms with Crippen LogP contribution in [0.4, 0.5) is 0 Å². The SMILES string of the molecule is C=C(C)N1C(=O)CCN1C. The molecule has 0 aromatic rings. The summed E-state index contributed by atoms with van der Waals surface area (Å²) in [7, 11) is 1.89. The molecular weight excluding hydrogens is 128 g/mol. The first kappa shape index (κ1) is 7.28. The number of carbonyl (C=O) groups excluding carboxylic acids is 1. The van der Waals surface area contributed by atoms with Gasteiger partial charge in [-0.2, -0.15) is 0 Å². The van der Waals surface area contributed by atoms with Gasteiger partial charge >= 0.3 is 0 Å². The second-order valence-corrected chi connectivity index (χ2v) is 2.57. The zero-order valence-corrected chi connectivity index (χ0v) is 6.42. The van der Waals surface area contributed by atoms with E-state index in [2.05, 4.69) is 6.58 Å². The standard InChI is InChI=1S/C7H12N2O/c1-6(2)9-7(10)4-5-8(9)3/h1,4-5H2,2-3H3. The molecule has 0 radical (unpaired) electrons. The maximum atomic E-state index is 11.0. The summed E-state index contributed by atoms with van der Waals surface area (Å²) in [6.07, 6.45) is 0.614. The molecule has 1 fully saturated rings. The van der Waals surface area contributed by atoms with Gasteiger partial charge < -0.3 is 0 Å². The number of hydrogen-bond acceptors (Lipinski definition) is 2. The number of hydrogen-bond donors (Lipinski definition) is 0. The van der Waals surface area contributed by atoms with Crippen molar-refractivity contribution in [1.82, 2.24) is 10.0 Å². The summed E-state index contributed by atoms with van der Waals surface area (Å²) in [6, 6.07) is 0. The van der Waals surface area contributed by atoms with Crippen molar-refractivity contribution in [3.05, 3.63) is 12.3 Å². The van der Waals surface area contributed by atoms with Crippen LogP contribution in [0.15, 0.2) is 12.3 Å². The van der Waals surface area contributed by atoms with E-state index >= 15 is 0 Å². The monoisotopic (exact) mass is 140 g/mol.